The summed E-state index contributed by atoms with van der Waals surface area (Å²) in [4.78, 5) is 12.0. The SMILES string of the molecule is COc1cccc(NC(=O)COc2cc(C)c(Cl)c(C)c2Br)c1. The van der Waals surface area contributed by atoms with Gasteiger partial charge in [-0.3, -0.25) is 4.79 Å². The maximum Gasteiger partial charge on any atom is 0.262 e. The standard InChI is InChI=1S/C17H17BrClNO3/c1-10-7-14(16(18)11(2)17(10)19)23-9-15(21)20-12-5-4-6-13(8-12)22-3/h4-8H,9H2,1-3H3,(H,20,21). The molecule has 122 valence electrons. The lowest BCUT2D eigenvalue weighted by molar-refractivity contribution is -0.118. The average Bonchev–Trinajstić information content (AvgIpc) is 2.55. The molecule has 0 fully saturated rings. The minimum absolute atomic E-state index is 0.101. The highest BCUT2D eigenvalue weighted by Crippen LogP contribution is 2.35. The molecule has 2 aromatic rings. The lowest BCUT2D eigenvalue weighted by Gasteiger charge is -2.13. The molecule has 1 N–H and O–H groups in total. The number of anilines is 1. The topological polar surface area (TPSA) is 47.6 Å². The number of hydrogen-bond donors (Lipinski definition) is 1. The van der Waals surface area contributed by atoms with Crippen LogP contribution in [0.15, 0.2) is 34.8 Å². The van der Waals surface area contributed by atoms with Gasteiger partial charge in [-0.15, -0.1) is 0 Å². The fourth-order valence-electron chi connectivity index (χ4n) is 2.05. The molecule has 0 unspecified atom stereocenters. The molecule has 0 radical (unpaired) electrons. The number of halogens is 2. The highest BCUT2D eigenvalue weighted by Gasteiger charge is 2.12. The second-order valence-electron chi connectivity index (χ2n) is 5.01. The third-order valence-corrected chi connectivity index (χ3v) is 4.85. The van der Waals surface area contributed by atoms with Gasteiger partial charge in [-0.25, -0.2) is 0 Å². The van der Waals surface area contributed by atoms with Crippen molar-refractivity contribution >= 4 is 39.1 Å². The van der Waals surface area contributed by atoms with E-state index in [-0.39, 0.29) is 12.5 Å². The Kier molecular flexibility index (Phi) is 5.91. The van der Waals surface area contributed by atoms with E-state index in [1.165, 1.54) is 0 Å². The lowest BCUT2D eigenvalue weighted by atomic mass is 10.1. The second-order valence-corrected chi connectivity index (χ2v) is 6.18. The van der Waals surface area contributed by atoms with E-state index in [0.717, 1.165) is 15.6 Å². The van der Waals surface area contributed by atoms with Gasteiger partial charge in [0.25, 0.3) is 5.91 Å². The number of aryl methyl sites for hydroxylation is 1. The number of rotatable bonds is 5. The Hall–Kier alpha value is -1.72. The summed E-state index contributed by atoms with van der Waals surface area (Å²) >= 11 is 9.62. The first-order valence-corrected chi connectivity index (χ1v) is 8.11. The zero-order valence-electron chi connectivity index (χ0n) is 13.1. The van der Waals surface area contributed by atoms with E-state index < -0.39 is 0 Å². The molecule has 0 spiro atoms. The normalized spacial score (nSPS) is 10.3. The third-order valence-electron chi connectivity index (χ3n) is 3.28. The predicted octanol–water partition coefficient (Wildman–Crippen LogP) is 4.75. The van der Waals surface area contributed by atoms with Crippen molar-refractivity contribution in [2.45, 2.75) is 13.8 Å². The first-order valence-electron chi connectivity index (χ1n) is 6.94. The van der Waals surface area contributed by atoms with E-state index in [1.54, 1.807) is 31.4 Å². The maximum absolute atomic E-state index is 12.0. The van der Waals surface area contributed by atoms with E-state index in [0.29, 0.717) is 22.2 Å². The van der Waals surface area contributed by atoms with Crippen LogP contribution in [0.5, 0.6) is 11.5 Å². The van der Waals surface area contributed by atoms with Crippen LogP contribution in [0.4, 0.5) is 5.69 Å². The molecule has 0 aromatic heterocycles. The monoisotopic (exact) mass is 397 g/mol. The van der Waals surface area contributed by atoms with Crippen LogP contribution in [-0.2, 0) is 4.79 Å². The smallest absolute Gasteiger partial charge is 0.262 e. The van der Waals surface area contributed by atoms with Gasteiger partial charge in [-0.05, 0) is 59.1 Å². The Morgan fingerprint density at radius 2 is 2.04 bits per heavy atom. The molecule has 0 saturated heterocycles. The quantitative estimate of drug-likeness (QED) is 0.791. The minimum Gasteiger partial charge on any atom is -0.497 e. The van der Waals surface area contributed by atoms with Crippen molar-refractivity contribution in [2.24, 2.45) is 0 Å². The third kappa shape index (κ3) is 4.39. The average molecular weight is 399 g/mol. The molecular weight excluding hydrogens is 382 g/mol. The molecule has 1 amide bonds. The summed E-state index contributed by atoms with van der Waals surface area (Å²) in [6, 6.07) is 8.94. The number of amides is 1. The van der Waals surface area contributed by atoms with E-state index in [9.17, 15) is 4.79 Å². The van der Waals surface area contributed by atoms with Crippen LogP contribution >= 0.6 is 27.5 Å². The van der Waals surface area contributed by atoms with E-state index in [4.69, 9.17) is 21.1 Å². The Morgan fingerprint density at radius 3 is 2.74 bits per heavy atom. The molecule has 0 aliphatic rings. The van der Waals surface area contributed by atoms with Crippen LogP contribution in [0.2, 0.25) is 5.02 Å². The molecular formula is C17H17BrClNO3. The number of carbonyl (C=O) groups excluding carboxylic acids is 1. The van der Waals surface area contributed by atoms with Crippen molar-refractivity contribution in [2.75, 3.05) is 19.0 Å². The van der Waals surface area contributed by atoms with Gasteiger partial charge in [-0.2, -0.15) is 0 Å². The summed E-state index contributed by atoms with van der Waals surface area (Å²) < 4.78 is 11.5. The van der Waals surface area contributed by atoms with E-state index in [2.05, 4.69) is 21.2 Å². The van der Waals surface area contributed by atoms with Gasteiger partial charge in [0, 0.05) is 16.8 Å². The summed E-state index contributed by atoms with van der Waals surface area (Å²) in [5, 5.41) is 3.45. The molecule has 0 atom stereocenters. The van der Waals surface area contributed by atoms with Crippen LogP contribution < -0.4 is 14.8 Å². The molecule has 2 rings (SSSR count). The summed E-state index contributed by atoms with van der Waals surface area (Å²) in [5.74, 6) is 1.01. The summed E-state index contributed by atoms with van der Waals surface area (Å²) in [6.45, 7) is 3.68. The zero-order chi connectivity index (χ0) is 17.0. The van der Waals surface area contributed by atoms with Crippen molar-refractivity contribution < 1.29 is 14.3 Å². The van der Waals surface area contributed by atoms with Crippen LogP contribution in [0.3, 0.4) is 0 Å². The Balaban J connectivity index is 2.02. The number of benzene rings is 2. The van der Waals surface area contributed by atoms with Crippen LogP contribution in [-0.4, -0.2) is 19.6 Å². The Morgan fingerprint density at radius 1 is 1.30 bits per heavy atom. The van der Waals surface area contributed by atoms with Crippen LogP contribution in [0, 0.1) is 13.8 Å². The molecule has 0 aliphatic carbocycles. The van der Waals surface area contributed by atoms with E-state index >= 15 is 0 Å². The van der Waals surface area contributed by atoms with Crippen molar-refractivity contribution in [3.05, 3.63) is 51.0 Å². The number of hydrogen-bond acceptors (Lipinski definition) is 3. The molecule has 0 heterocycles. The fraction of sp³-hybridized carbons (Fsp3) is 0.235. The lowest BCUT2D eigenvalue weighted by Crippen LogP contribution is -2.20. The summed E-state index contributed by atoms with van der Waals surface area (Å²) in [6.07, 6.45) is 0. The minimum atomic E-state index is -0.254. The largest absolute Gasteiger partial charge is 0.497 e. The summed E-state index contributed by atoms with van der Waals surface area (Å²) in [5.41, 5.74) is 2.44. The van der Waals surface area contributed by atoms with Crippen molar-refractivity contribution in [3.8, 4) is 11.5 Å². The van der Waals surface area contributed by atoms with Gasteiger partial charge in [0.1, 0.15) is 11.5 Å². The predicted molar refractivity (Wildman–Crippen MR) is 95.7 cm³/mol. The molecule has 2 aromatic carbocycles. The number of methoxy groups -OCH3 is 1. The molecule has 0 aliphatic heterocycles. The van der Waals surface area contributed by atoms with E-state index in [1.807, 2.05) is 19.9 Å². The number of carbonyl (C=O) groups is 1. The van der Waals surface area contributed by atoms with Crippen molar-refractivity contribution in [3.63, 3.8) is 0 Å². The summed E-state index contributed by atoms with van der Waals surface area (Å²) in [7, 11) is 1.58. The van der Waals surface area contributed by atoms with Gasteiger partial charge in [0.15, 0.2) is 6.61 Å². The van der Waals surface area contributed by atoms with Crippen molar-refractivity contribution in [1.82, 2.24) is 0 Å². The van der Waals surface area contributed by atoms with Crippen LogP contribution in [0.1, 0.15) is 11.1 Å². The Labute approximate surface area is 148 Å². The van der Waals surface area contributed by atoms with Gasteiger partial charge in [-0.1, -0.05) is 17.7 Å². The number of nitrogens with one attached hydrogen (secondary N) is 1. The number of ether oxygens (including phenoxy) is 2. The highest BCUT2D eigenvalue weighted by atomic mass is 79.9. The highest BCUT2D eigenvalue weighted by molar-refractivity contribution is 9.10. The van der Waals surface area contributed by atoms with Gasteiger partial charge in [0.05, 0.1) is 11.6 Å². The first-order chi connectivity index (χ1) is 10.9. The van der Waals surface area contributed by atoms with Gasteiger partial charge in [0.2, 0.25) is 0 Å². The fourth-order valence-corrected chi connectivity index (χ4v) is 2.74. The zero-order valence-corrected chi connectivity index (χ0v) is 15.4. The maximum atomic E-state index is 12.0. The first kappa shape index (κ1) is 17.6. The van der Waals surface area contributed by atoms with Crippen molar-refractivity contribution in [1.29, 1.82) is 0 Å². The van der Waals surface area contributed by atoms with Gasteiger partial charge < -0.3 is 14.8 Å². The molecule has 23 heavy (non-hydrogen) atoms. The molecule has 0 bridgehead atoms. The molecule has 0 saturated carbocycles. The van der Waals surface area contributed by atoms with Gasteiger partial charge >= 0.3 is 0 Å². The second kappa shape index (κ2) is 7.70. The molecule has 6 heteroatoms. The Bertz CT molecular complexity index is 734. The van der Waals surface area contributed by atoms with Crippen LogP contribution in [0.25, 0.3) is 0 Å². The molecule has 4 nitrogen and oxygen atoms in total.